The van der Waals surface area contributed by atoms with Crippen LogP contribution in [0.3, 0.4) is 0 Å². The lowest BCUT2D eigenvalue weighted by atomic mass is 9.90. The number of carbonyl (C=O) groups is 2. The first-order chi connectivity index (χ1) is 13.9. The molecule has 9 nitrogen and oxygen atoms in total. The van der Waals surface area contributed by atoms with E-state index in [1.165, 1.54) is 7.11 Å². The van der Waals surface area contributed by atoms with Crippen LogP contribution in [0.1, 0.15) is 17.3 Å². The van der Waals surface area contributed by atoms with Crippen LogP contribution in [0.2, 0.25) is 5.02 Å². The zero-order chi connectivity index (χ0) is 21.0. The zero-order valence-electron chi connectivity index (χ0n) is 15.1. The van der Waals surface area contributed by atoms with Crippen molar-refractivity contribution in [2.75, 3.05) is 18.3 Å². The van der Waals surface area contributed by atoms with Gasteiger partial charge in [0.15, 0.2) is 10.8 Å². The molecule has 4 N–H and O–H groups in total. The number of thiazole rings is 1. The van der Waals surface area contributed by atoms with Gasteiger partial charge in [0.1, 0.15) is 24.9 Å². The molecule has 3 rings (SSSR count). The number of aromatic nitrogens is 1. The summed E-state index contributed by atoms with van der Waals surface area (Å²) in [6.07, 6.45) is -0.933. The Morgan fingerprint density at radius 1 is 1.38 bits per heavy atom. The number of nitrogens with zero attached hydrogens (tertiary/aromatic N) is 2. The highest BCUT2D eigenvalue weighted by molar-refractivity contribution is 7.14. The number of nitrogens with one attached hydrogen (secondary N) is 3. The van der Waals surface area contributed by atoms with E-state index in [1.807, 2.05) is 0 Å². The second-order valence-electron chi connectivity index (χ2n) is 5.98. The molecule has 0 bridgehead atoms. The van der Waals surface area contributed by atoms with Crippen molar-refractivity contribution < 1.29 is 19.5 Å². The van der Waals surface area contributed by atoms with Crippen molar-refractivity contribution in [3.63, 3.8) is 0 Å². The number of amides is 2. The SMILES string of the molecule is CO/N=C(\C(=O)NC1C(O)NC1c1ccc(Cl)cc1)c1csc(NC(=O)CCl)n1. The molecule has 2 aromatic rings. The van der Waals surface area contributed by atoms with E-state index in [4.69, 9.17) is 28.0 Å². The summed E-state index contributed by atoms with van der Waals surface area (Å²) in [5, 5.41) is 24.4. The summed E-state index contributed by atoms with van der Waals surface area (Å²) in [6, 6.07) is 6.17. The molecule has 1 aliphatic rings. The van der Waals surface area contributed by atoms with Gasteiger partial charge < -0.3 is 20.6 Å². The van der Waals surface area contributed by atoms with Crippen LogP contribution in [0.15, 0.2) is 34.8 Å². The molecule has 1 aromatic carbocycles. The number of hydrogen-bond donors (Lipinski definition) is 4. The van der Waals surface area contributed by atoms with Gasteiger partial charge >= 0.3 is 0 Å². The summed E-state index contributed by atoms with van der Waals surface area (Å²) in [4.78, 5) is 33.1. The summed E-state index contributed by atoms with van der Waals surface area (Å²) < 4.78 is 0. The van der Waals surface area contributed by atoms with E-state index in [0.717, 1.165) is 16.9 Å². The Bertz CT molecular complexity index is 921. The maximum atomic E-state index is 12.8. The maximum absolute atomic E-state index is 12.8. The highest BCUT2D eigenvalue weighted by Gasteiger charge is 2.42. The third kappa shape index (κ3) is 5.03. The molecule has 1 fully saturated rings. The van der Waals surface area contributed by atoms with Crippen molar-refractivity contribution in [1.29, 1.82) is 0 Å². The van der Waals surface area contributed by atoms with Gasteiger partial charge in [-0.1, -0.05) is 28.9 Å². The van der Waals surface area contributed by atoms with Gasteiger partial charge in [-0.2, -0.15) is 0 Å². The number of carbonyl (C=O) groups excluding carboxylic acids is 2. The fourth-order valence-electron chi connectivity index (χ4n) is 2.70. The predicted octanol–water partition coefficient (Wildman–Crippen LogP) is 1.47. The van der Waals surface area contributed by atoms with Crippen LogP contribution in [0.5, 0.6) is 0 Å². The largest absolute Gasteiger partial charge is 0.398 e. The molecule has 1 aromatic heterocycles. The lowest BCUT2D eigenvalue weighted by Gasteiger charge is -2.43. The normalized spacial score (nSPS) is 21.2. The quantitative estimate of drug-likeness (QED) is 0.283. The van der Waals surface area contributed by atoms with E-state index in [1.54, 1.807) is 29.6 Å². The molecule has 3 atom stereocenters. The molecule has 2 amide bonds. The molecule has 12 heteroatoms. The Hall–Kier alpha value is -2.24. The first kappa shape index (κ1) is 21.5. The Kier molecular flexibility index (Phi) is 7.04. The predicted molar refractivity (Wildman–Crippen MR) is 110 cm³/mol. The highest BCUT2D eigenvalue weighted by atomic mass is 35.5. The number of aliphatic hydroxyl groups excluding tert-OH is 1. The van der Waals surface area contributed by atoms with Gasteiger partial charge in [0.2, 0.25) is 5.91 Å². The van der Waals surface area contributed by atoms with Gasteiger partial charge in [0, 0.05) is 10.4 Å². The maximum Gasteiger partial charge on any atom is 0.276 e. The Labute approximate surface area is 180 Å². The first-order valence-electron chi connectivity index (χ1n) is 8.36. The number of rotatable bonds is 7. The second kappa shape index (κ2) is 9.51. The smallest absolute Gasteiger partial charge is 0.276 e. The first-order valence-corrected chi connectivity index (χ1v) is 10.2. The molecule has 0 spiro atoms. The monoisotopic (exact) mass is 457 g/mol. The molecule has 3 unspecified atom stereocenters. The van der Waals surface area contributed by atoms with Crippen molar-refractivity contribution in [3.05, 3.63) is 45.9 Å². The van der Waals surface area contributed by atoms with E-state index in [2.05, 4.69) is 26.1 Å². The molecule has 0 radical (unpaired) electrons. The minimum Gasteiger partial charge on any atom is -0.398 e. The van der Waals surface area contributed by atoms with Crippen molar-refractivity contribution >= 4 is 57.2 Å². The highest BCUT2D eigenvalue weighted by Crippen LogP contribution is 2.28. The fraction of sp³-hybridized carbons (Fsp3) is 0.294. The lowest BCUT2D eigenvalue weighted by molar-refractivity contribution is -0.119. The molecule has 154 valence electrons. The van der Waals surface area contributed by atoms with Crippen molar-refractivity contribution in [3.8, 4) is 0 Å². The number of benzene rings is 1. The van der Waals surface area contributed by atoms with Gasteiger partial charge in [-0.15, -0.1) is 22.9 Å². The summed E-state index contributed by atoms with van der Waals surface area (Å²) >= 11 is 12.5. The minimum absolute atomic E-state index is 0.0934. The van der Waals surface area contributed by atoms with E-state index >= 15 is 0 Å². The number of anilines is 1. The van der Waals surface area contributed by atoms with Crippen LogP contribution in [0.25, 0.3) is 0 Å². The lowest BCUT2D eigenvalue weighted by Crippen LogP contribution is -2.67. The molecule has 0 saturated carbocycles. The van der Waals surface area contributed by atoms with Gasteiger partial charge in [-0.3, -0.25) is 14.9 Å². The number of halogens is 2. The molecular weight excluding hydrogens is 441 g/mol. The average molecular weight is 458 g/mol. The Balaban J connectivity index is 1.73. The van der Waals surface area contributed by atoms with Crippen molar-refractivity contribution in [2.45, 2.75) is 18.3 Å². The van der Waals surface area contributed by atoms with E-state index in [-0.39, 0.29) is 28.5 Å². The third-order valence-corrected chi connectivity index (χ3v) is 5.34. The van der Waals surface area contributed by atoms with Gasteiger partial charge in [0.25, 0.3) is 5.91 Å². The van der Waals surface area contributed by atoms with Crippen molar-refractivity contribution in [1.82, 2.24) is 15.6 Å². The van der Waals surface area contributed by atoms with E-state index in [0.29, 0.717) is 5.02 Å². The van der Waals surface area contributed by atoms with Crippen LogP contribution in [0, 0.1) is 0 Å². The van der Waals surface area contributed by atoms with Gasteiger partial charge in [-0.05, 0) is 17.7 Å². The summed E-state index contributed by atoms with van der Waals surface area (Å²) in [6.45, 7) is 0. The minimum atomic E-state index is -0.933. The van der Waals surface area contributed by atoms with Crippen LogP contribution in [-0.4, -0.2) is 52.9 Å². The van der Waals surface area contributed by atoms with Crippen LogP contribution >= 0.6 is 34.5 Å². The molecule has 1 saturated heterocycles. The molecular formula is C17H17Cl2N5O4S. The van der Waals surface area contributed by atoms with Crippen LogP contribution in [-0.2, 0) is 14.4 Å². The second-order valence-corrected chi connectivity index (χ2v) is 7.54. The van der Waals surface area contributed by atoms with Crippen LogP contribution < -0.4 is 16.0 Å². The Morgan fingerprint density at radius 2 is 2.10 bits per heavy atom. The van der Waals surface area contributed by atoms with Crippen LogP contribution in [0.4, 0.5) is 5.13 Å². The average Bonchev–Trinajstić information content (AvgIpc) is 3.16. The van der Waals surface area contributed by atoms with Gasteiger partial charge in [0.05, 0.1) is 12.1 Å². The topological polar surface area (TPSA) is 125 Å². The van der Waals surface area contributed by atoms with E-state index in [9.17, 15) is 14.7 Å². The fourth-order valence-corrected chi connectivity index (χ4v) is 3.60. The van der Waals surface area contributed by atoms with Crippen molar-refractivity contribution in [2.24, 2.45) is 5.16 Å². The molecule has 29 heavy (non-hydrogen) atoms. The molecule has 2 heterocycles. The third-order valence-electron chi connectivity index (χ3n) is 4.09. The number of aliphatic hydroxyl groups is 1. The summed E-state index contributed by atoms with van der Waals surface area (Å²) in [5.74, 6) is -1.22. The number of hydrogen-bond acceptors (Lipinski definition) is 8. The molecule has 1 aliphatic heterocycles. The standard InChI is InChI=1S/C17H17Cl2N5O4S/c1-28-24-13(10-7-29-17(20-10)21-11(25)6-18)15(26)23-14-12(22-16(14)27)8-2-4-9(19)5-3-8/h2-5,7,12,14,16,22,27H,6H2,1H3,(H,23,26)(H,20,21,25)/b24-13-. The number of oxime groups is 1. The number of alkyl halides is 1. The molecule has 0 aliphatic carbocycles. The Morgan fingerprint density at radius 3 is 2.72 bits per heavy atom. The zero-order valence-corrected chi connectivity index (χ0v) is 17.4. The summed E-state index contributed by atoms with van der Waals surface area (Å²) in [5.41, 5.74) is 0.975. The summed E-state index contributed by atoms with van der Waals surface area (Å²) in [7, 11) is 1.30. The van der Waals surface area contributed by atoms with E-state index < -0.39 is 24.1 Å². The van der Waals surface area contributed by atoms with Gasteiger partial charge in [-0.25, -0.2) is 4.98 Å².